The number of hydrogen-bond donors (Lipinski definition) is 0. The summed E-state index contributed by atoms with van der Waals surface area (Å²) in [6, 6.07) is 7.37. The molecule has 1 fully saturated rings. The number of likely N-dealkylation sites (tertiary alicyclic amines) is 1. The fourth-order valence-electron chi connectivity index (χ4n) is 3.62. The highest BCUT2D eigenvalue weighted by atomic mass is 35.5. The molecule has 7 heteroatoms. The van der Waals surface area contributed by atoms with Gasteiger partial charge in [-0.2, -0.15) is 0 Å². The summed E-state index contributed by atoms with van der Waals surface area (Å²) < 4.78 is 7.81. The quantitative estimate of drug-likeness (QED) is 0.805. The van der Waals surface area contributed by atoms with Gasteiger partial charge in [-0.1, -0.05) is 11.6 Å². The van der Waals surface area contributed by atoms with Gasteiger partial charge in [0.25, 0.3) is 0 Å². The number of aromatic nitrogens is 2. The van der Waals surface area contributed by atoms with E-state index in [1.807, 2.05) is 47.1 Å². The summed E-state index contributed by atoms with van der Waals surface area (Å²) in [6.07, 6.45) is 2.92. The van der Waals surface area contributed by atoms with Crippen molar-refractivity contribution < 1.29 is 9.53 Å². The Morgan fingerprint density at radius 2 is 2.08 bits per heavy atom. The topological polar surface area (TPSA) is 50.6 Å². The van der Waals surface area contributed by atoms with E-state index in [0.29, 0.717) is 18.2 Å². The molecule has 0 spiro atoms. The molecule has 2 aromatic rings. The second-order valence-electron chi connectivity index (χ2n) is 6.96. The maximum Gasteiger partial charge on any atom is 0.233 e. The second-order valence-corrected chi connectivity index (χ2v) is 7.39. The van der Waals surface area contributed by atoms with Crippen LogP contribution in [0.5, 0.6) is 5.75 Å². The summed E-state index contributed by atoms with van der Waals surface area (Å²) in [7, 11) is 1.97. The zero-order valence-electron chi connectivity index (χ0n) is 14.9. The number of carbonyl (C=O) groups is 1. The molecule has 1 amide bonds. The van der Waals surface area contributed by atoms with E-state index in [4.69, 9.17) is 16.3 Å². The molecule has 0 saturated carbocycles. The first-order valence-corrected chi connectivity index (χ1v) is 9.39. The Morgan fingerprint density at radius 3 is 2.77 bits per heavy atom. The molecule has 2 aliphatic heterocycles. The van der Waals surface area contributed by atoms with Crippen LogP contribution in [0.15, 0.2) is 30.6 Å². The van der Waals surface area contributed by atoms with Gasteiger partial charge in [-0.25, -0.2) is 4.98 Å². The molecule has 26 heavy (non-hydrogen) atoms. The number of imidazole rings is 1. The molecule has 1 aromatic carbocycles. The maximum absolute atomic E-state index is 12.9. The summed E-state index contributed by atoms with van der Waals surface area (Å²) in [5, 5.41) is 0.698. The summed E-state index contributed by atoms with van der Waals surface area (Å²) in [5.74, 6) is 0.893. The molecule has 6 nitrogen and oxygen atoms in total. The molecule has 138 valence electrons. The number of benzene rings is 1. The van der Waals surface area contributed by atoms with Gasteiger partial charge < -0.3 is 14.2 Å². The van der Waals surface area contributed by atoms with E-state index in [1.165, 1.54) is 0 Å². The molecule has 0 unspecified atom stereocenters. The Labute approximate surface area is 158 Å². The van der Waals surface area contributed by atoms with Crippen molar-refractivity contribution >= 4 is 17.5 Å². The molecule has 0 aliphatic carbocycles. The van der Waals surface area contributed by atoms with E-state index >= 15 is 0 Å². The Balaban J connectivity index is 1.41. The van der Waals surface area contributed by atoms with Gasteiger partial charge in [0.05, 0.1) is 23.6 Å². The number of fused-ring (bicyclic) bond motifs is 1. The van der Waals surface area contributed by atoms with Crippen molar-refractivity contribution in [2.24, 2.45) is 7.05 Å². The Kier molecular flexibility index (Phi) is 4.87. The van der Waals surface area contributed by atoms with Crippen LogP contribution in [0.3, 0.4) is 0 Å². The van der Waals surface area contributed by atoms with Gasteiger partial charge in [-0.3, -0.25) is 9.69 Å². The van der Waals surface area contributed by atoms with Crippen molar-refractivity contribution in [2.75, 3.05) is 32.8 Å². The van der Waals surface area contributed by atoms with E-state index in [2.05, 4.69) is 9.88 Å². The van der Waals surface area contributed by atoms with Crippen LogP contribution in [0.1, 0.15) is 23.7 Å². The number of nitrogens with zero attached hydrogens (tertiary/aromatic N) is 4. The van der Waals surface area contributed by atoms with Gasteiger partial charge in [-0.15, -0.1) is 0 Å². The first-order valence-electron chi connectivity index (χ1n) is 9.01. The fraction of sp³-hybridized carbons (Fsp3) is 0.474. The van der Waals surface area contributed by atoms with Crippen molar-refractivity contribution in [2.45, 2.75) is 18.9 Å². The molecule has 1 aromatic heterocycles. The standard InChI is InChI=1S/C19H23ClN4O2/c1-22-13-21-17-12-23(9-10-26-15-5-3-14(20)4-6-15)11-16(18(17)22)19(25)24-7-2-8-24/h3-6,13,16H,2,7-12H2,1H3/t16-/m0/s1. The van der Waals surface area contributed by atoms with Crippen LogP contribution >= 0.6 is 11.6 Å². The SMILES string of the molecule is Cn1cnc2c1[C@@H](C(=O)N1CCC1)CN(CCOc1ccc(Cl)cc1)C2. The Morgan fingerprint density at radius 1 is 1.31 bits per heavy atom. The minimum absolute atomic E-state index is 0.137. The van der Waals surface area contributed by atoms with Crippen molar-refractivity contribution in [1.82, 2.24) is 19.4 Å². The number of aryl methyl sites for hydroxylation is 1. The van der Waals surface area contributed by atoms with Gasteiger partial charge in [0, 0.05) is 44.8 Å². The molecule has 0 bridgehead atoms. The van der Waals surface area contributed by atoms with E-state index < -0.39 is 0 Å². The first-order chi connectivity index (χ1) is 12.6. The lowest BCUT2D eigenvalue weighted by Crippen LogP contribution is -2.49. The Hall–Kier alpha value is -2.05. The van der Waals surface area contributed by atoms with Crippen molar-refractivity contribution in [3.8, 4) is 5.75 Å². The summed E-state index contributed by atoms with van der Waals surface area (Å²) in [5.41, 5.74) is 2.07. The third-order valence-electron chi connectivity index (χ3n) is 5.16. The molecule has 2 aliphatic rings. The van der Waals surface area contributed by atoms with Crippen LogP contribution in [0.2, 0.25) is 5.02 Å². The first kappa shape index (κ1) is 17.4. The van der Waals surface area contributed by atoms with Gasteiger partial charge in [0.1, 0.15) is 12.4 Å². The van der Waals surface area contributed by atoms with Crippen LogP contribution in [0.25, 0.3) is 0 Å². The predicted octanol–water partition coefficient (Wildman–Crippen LogP) is 2.28. The smallest absolute Gasteiger partial charge is 0.233 e. The molecule has 3 heterocycles. The number of amides is 1. The Bertz CT molecular complexity index is 785. The van der Waals surface area contributed by atoms with Crippen molar-refractivity contribution in [3.63, 3.8) is 0 Å². The number of halogens is 1. The average Bonchev–Trinajstić information content (AvgIpc) is 2.96. The van der Waals surface area contributed by atoms with Gasteiger partial charge in [-0.05, 0) is 30.7 Å². The minimum atomic E-state index is -0.137. The highest BCUT2D eigenvalue weighted by molar-refractivity contribution is 6.30. The summed E-state index contributed by atoms with van der Waals surface area (Å²) in [4.78, 5) is 21.6. The van der Waals surface area contributed by atoms with Crippen LogP contribution in [0, 0.1) is 0 Å². The molecular formula is C19H23ClN4O2. The summed E-state index contributed by atoms with van der Waals surface area (Å²) >= 11 is 5.90. The van der Waals surface area contributed by atoms with Gasteiger partial charge in [0.15, 0.2) is 0 Å². The monoisotopic (exact) mass is 374 g/mol. The third-order valence-corrected chi connectivity index (χ3v) is 5.41. The number of rotatable bonds is 5. The zero-order valence-corrected chi connectivity index (χ0v) is 15.7. The predicted molar refractivity (Wildman–Crippen MR) is 99.4 cm³/mol. The van der Waals surface area contributed by atoms with E-state index in [9.17, 15) is 4.79 Å². The molecular weight excluding hydrogens is 352 g/mol. The largest absolute Gasteiger partial charge is 0.492 e. The summed E-state index contributed by atoms with van der Waals surface area (Å²) in [6.45, 7) is 4.54. The second kappa shape index (κ2) is 7.29. The van der Waals surface area contributed by atoms with Gasteiger partial charge >= 0.3 is 0 Å². The minimum Gasteiger partial charge on any atom is -0.492 e. The van der Waals surface area contributed by atoms with Crippen LogP contribution in [-0.2, 0) is 18.4 Å². The van der Waals surface area contributed by atoms with Gasteiger partial charge in [0.2, 0.25) is 5.91 Å². The highest BCUT2D eigenvalue weighted by Crippen LogP contribution is 2.30. The fourth-order valence-corrected chi connectivity index (χ4v) is 3.75. The van der Waals surface area contributed by atoms with E-state index in [-0.39, 0.29) is 11.8 Å². The normalized spacial score (nSPS) is 19.8. The zero-order chi connectivity index (χ0) is 18.1. The highest BCUT2D eigenvalue weighted by Gasteiger charge is 2.37. The third kappa shape index (κ3) is 3.44. The average molecular weight is 375 g/mol. The number of hydrogen-bond acceptors (Lipinski definition) is 4. The molecule has 1 saturated heterocycles. The van der Waals surface area contributed by atoms with Crippen LogP contribution < -0.4 is 4.74 Å². The lowest BCUT2D eigenvalue weighted by molar-refractivity contribution is -0.137. The lowest BCUT2D eigenvalue weighted by atomic mass is 9.95. The van der Waals surface area contributed by atoms with Crippen molar-refractivity contribution in [1.29, 1.82) is 0 Å². The molecule has 0 N–H and O–H groups in total. The van der Waals surface area contributed by atoms with Crippen LogP contribution in [-0.4, -0.2) is 58.0 Å². The van der Waals surface area contributed by atoms with E-state index in [1.54, 1.807) is 0 Å². The number of carbonyl (C=O) groups excluding carboxylic acids is 1. The van der Waals surface area contributed by atoms with E-state index in [0.717, 1.165) is 49.7 Å². The molecule has 4 rings (SSSR count). The maximum atomic E-state index is 12.9. The molecule has 0 radical (unpaired) electrons. The molecule has 1 atom stereocenters. The lowest BCUT2D eigenvalue weighted by Gasteiger charge is -2.38. The number of ether oxygens (including phenoxy) is 1. The van der Waals surface area contributed by atoms with Crippen LogP contribution in [0.4, 0.5) is 0 Å². The van der Waals surface area contributed by atoms with Crippen molar-refractivity contribution in [3.05, 3.63) is 47.0 Å².